The zero-order valence-electron chi connectivity index (χ0n) is 12.3. The van der Waals surface area contributed by atoms with E-state index >= 15 is 0 Å². The molecule has 0 unspecified atom stereocenters. The fourth-order valence-corrected chi connectivity index (χ4v) is 1.72. The van der Waals surface area contributed by atoms with Gasteiger partial charge in [-0.3, -0.25) is 4.79 Å². The summed E-state index contributed by atoms with van der Waals surface area (Å²) in [5.74, 6) is 0.355. The monoisotopic (exact) mass is 283 g/mol. The number of nitrogens with zero attached hydrogens (tertiary/aromatic N) is 2. The average Bonchev–Trinajstić information content (AvgIpc) is 2.86. The second-order valence-electron chi connectivity index (χ2n) is 4.62. The lowest BCUT2D eigenvalue weighted by atomic mass is 10.2. The van der Waals surface area contributed by atoms with Gasteiger partial charge in [-0.1, -0.05) is 13.3 Å². The summed E-state index contributed by atoms with van der Waals surface area (Å²) in [6, 6.07) is -0.471. The molecule has 1 aromatic rings. The molecule has 0 aliphatic carbocycles. The summed E-state index contributed by atoms with van der Waals surface area (Å²) in [5.41, 5.74) is 5.74. The first-order valence-electron chi connectivity index (χ1n) is 6.95. The lowest BCUT2D eigenvalue weighted by molar-refractivity contribution is -0.117. The summed E-state index contributed by atoms with van der Waals surface area (Å²) in [7, 11) is 1.68. The molecule has 0 spiro atoms. The fraction of sp³-hybridized carbons (Fsp3) is 0.692. The molecular formula is C13H25N5O2. The molecule has 0 bridgehead atoms. The summed E-state index contributed by atoms with van der Waals surface area (Å²) >= 11 is 0. The van der Waals surface area contributed by atoms with E-state index in [-0.39, 0.29) is 5.91 Å². The molecule has 7 heteroatoms. The SMILES string of the molecule is CCC[C@H](N)C(=O)Nc1cn(CCNCCOC)cn1. The number of methoxy groups -OCH3 is 1. The molecule has 20 heavy (non-hydrogen) atoms. The van der Waals surface area contributed by atoms with Crippen molar-refractivity contribution in [3.8, 4) is 0 Å². The largest absolute Gasteiger partial charge is 0.383 e. The number of amides is 1. The van der Waals surface area contributed by atoms with Gasteiger partial charge in [0, 0.05) is 32.9 Å². The molecule has 1 heterocycles. The normalized spacial score (nSPS) is 12.3. The first kappa shape index (κ1) is 16.6. The predicted molar refractivity (Wildman–Crippen MR) is 78.5 cm³/mol. The molecule has 0 aromatic carbocycles. The number of rotatable bonds is 10. The standard InChI is InChI=1S/C13H25N5O2/c1-3-4-11(14)13(19)17-12-9-18(10-16-12)7-5-15-6-8-20-2/h9-11,15H,3-8,14H2,1-2H3,(H,17,19)/t11-/m0/s1. The van der Waals surface area contributed by atoms with Gasteiger partial charge < -0.3 is 25.7 Å². The third-order valence-corrected chi connectivity index (χ3v) is 2.85. The maximum Gasteiger partial charge on any atom is 0.242 e. The number of nitrogens with two attached hydrogens (primary N) is 1. The molecule has 0 fully saturated rings. The fourth-order valence-electron chi connectivity index (χ4n) is 1.72. The van der Waals surface area contributed by atoms with Crippen molar-refractivity contribution >= 4 is 11.7 Å². The van der Waals surface area contributed by atoms with Crippen LogP contribution in [0.4, 0.5) is 5.82 Å². The van der Waals surface area contributed by atoms with E-state index in [1.54, 1.807) is 19.6 Å². The van der Waals surface area contributed by atoms with E-state index in [0.717, 1.165) is 26.1 Å². The van der Waals surface area contributed by atoms with E-state index in [1.807, 2.05) is 11.5 Å². The van der Waals surface area contributed by atoms with Crippen LogP contribution in [0.2, 0.25) is 0 Å². The molecule has 1 amide bonds. The van der Waals surface area contributed by atoms with Crippen molar-refractivity contribution in [3.05, 3.63) is 12.5 Å². The van der Waals surface area contributed by atoms with Crippen molar-refractivity contribution in [2.75, 3.05) is 32.1 Å². The molecule has 114 valence electrons. The molecule has 0 aliphatic heterocycles. The maximum atomic E-state index is 11.7. The highest BCUT2D eigenvalue weighted by Crippen LogP contribution is 2.04. The molecule has 1 aromatic heterocycles. The van der Waals surface area contributed by atoms with E-state index in [1.165, 1.54) is 0 Å². The number of carbonyl (C=O) groups is 1. The Morgan fingerprint density at radius 3 is 3.05 bits per heavy atom. The summed E-state index contributed by atoms with van der Waals surface area (Å²) < 4.78 is 6.86. The highest BCUT2D eigenvalue weighted by molar-refractivity contribution is 5.93. The number of carbonyl (C=O) groups excluding carboxylic acids is 1. The van der Waals surface area contributed by atoms with Crippen LogP contribution in [0.25, 0.3) is 0 Å². The maximum absolute atomic E-state index is 11.7. The number of hydrogen-bond donors (Lipinski definition) is 3. The Morgan fingerprint density at radius 1 is 1.55 bits per heavy atom. The van der Waals surface area contributed by atoms with Crippen LogP contribution in [-0.2, 0) is 16.1 Å². The highest BCUT2D eigenvalue weighted by Gasteiger charge is 2.13. The Kier molecular flexibility index (Phi) is 7.86. The van der Waals surface area contributed by atoms with Gasteiger partial charge in [-0.05, 0) is 6.42 Å². The minimum atomic E-state index is -0.471. The van der Waals surface area contributed by atoms with E-state index in [0.29, 0.717) is 18.8 Å². The lowest BCUT2D eigenvalue weighted by Crippen LogP contribution is -2.35. The van der Waals surface area contributed by atoms with Gasteiger partial charge in [0.2, 0.25) is 5.91 Å². The summed E-state index contributed by atoms with van der Waals surface area (Å²) in [6.07, 6.45) is 5.06. The van der Waals surface area contributed by atoms with Crippen molar-refractivity contribution in [3.63, 3.8) is 0 Å². The Bertz CT molecular complexity index is 394. The van der Waals surface area contributed by atoms with Crippen LogP contribution in [0.15, 0.2) is 12.5 Å². The topological polar surface area (TPSA) is 94.2 Å². The van der Waals surface area contributed by atoms with Crippen LogP contribution in [0.3, 0.4) is 0 Å². The first-order valence-corrected chi connectivity index (χ1v) is 6.95. The number of ether oxygens (including phenoxy) is 1. The van der Waals surface area contributed by atoms with E-state index in [4.69, 9.17) is 10.5 Å². The van der Waals surface area contributed by atoms with Crippen LogP contribution >= 0.6 is 0 Å². The molecule has 1 rings (SSSR count). The van der Waals surface area contributed by atoms with Crippen molar-refractivity contribution in [1.82, 2.24) is 14.9 Å². The zero-order chi connectivity index (χ0) is 14.8. The van der Waals surface area contributed by atoms with Crippen LogP contribution in [-0.4, -0.2) is 48.3 Å². The van der Waals surface area contributed by atoms with Gasteiger partial charge in [0.25, 0.3) is 0 Å². The molecule has 0 saturated heterocycles. The minimum Gasteiger partial charge on any atom is -0.383 e. The van der Waals surface area contributed by atoms with Gasteiger partial charge >= 0.3 is 0 Å². The summed E-state index contributed by atoms with van der Waals surface area (Å²) in [5, 5.41) is 5.96. The third-order valence-electron chi connectivity index (χ3n) is 2.85. The van der Waals surface area contributed by atoms with Gasteiger partial charge in [-0.25, -0.2) is 4.98 Å². The van der Waals surface area contributed by atoms with E-state index in [2.05, 4.69) is 15.6 Å². The van der Waals surface area contributed by atoms with E-state index in [9.17, 15) is 4.79 Å². The minimum absolute atomic E-state index is 0.185. The van der Waals surface area contributed by atoms with Crippen molar-refractivity contribution in [2.24, 2.45) is 5.73 Å². The third kappa shape index (κ3) is 6.14. The van der Waals surface area contributed by atoms with Gasteiger partial charge in [0.05, 0.1) is 19.0 Å². The molecule has 1 atom stereocenters. The lowest BCUT2D eigenvalue weighted by Gasteiger charge is -2.09. The second-order valence-corrected chi connectivity index (χ2v) is 4.62. The van der Waals surface area contributed by atoms with Crippen LogP contribution < -0.4 is 16.4 Å². The Morgan fingerprint density at radius 2 is 2.35 bits per heavy atom. The van der Waals surface area contributed by atoms with Gasteiger partial charge in [-0.15, -0.1) is 0 Å². The predicted octanol–water partition coefficient (Wildman–Crippen LogP) is 0.185. The number of aromatic nitrogens is 2. The van der Waals surface area contributed by atoms with Gasteiger partial charge in [0.15, 0.2) is 5.82 Å². The Balaban J connectivity index is 2.30. The number of nitrogens with one attached hydrogen (secondary N) is 2. The molecule has 4 N–H and O–H groups in total. The smallest absolute Gasteiger partial charge is 0.242 e. The van der Waals surface area contributed by atoms with Gasteiger partial charge in [0.1, 0.15) is 0 Å². The Labute approximate surface area is 119 Å². The molecule has 7 nitrogen and oxygen atoms in total. The van der Waals surface area contributed by atoms with Crippen molar-refractivity contribution < 1.29 is 9.53 Å². The highest BCUT2D eigenvalue weighted by atomic mass is 16.5. The molecule has 0 radical (unpaired) electrons. The van der Waals surface area contributed by atoms with Crippen LogP contribution in [0.1, 0.15) is 19.8 Å². The van der Waals surface area contributed by atoms with Crippen molar-refractivity contribution in [1.29, 1.82) is 0 Å². The van der Waals surface area contributed by atoms with Gasteiger partial charge in [-0.2, -0.15) is 0 Å². The molecule has 0 aliphatic rings. The Hall–Kier alpha value is -1.44. The second kappa shape index (κ2) is 9.46. The first-order chi connectivity index (χ1) is 9.67. The summed E-state index contributed by atoms with van der Waals surface area (Å²) in [4.78, 5) is 15.9. The number of hydrogen-bond acceptors (Lipinski definition) is 5. The van der Waals surface area contributed by atoms with Crippen molar-refractivity contribution in [2.45, 2.75) is 32.4 Å². The number of imidazole rings is 1. The summed E-state index contributed by atoms with van der Waals surface area (Å²) in [6.45, 7) is 5.12. The average molecular weight is 283 g/mol. The zero-order valence-corrected chi connectivity index (χ0v) is 12.3. The number of anilines is 1. The quantitative estimate of drug-likeness (QED) is 0.533. The molecule has 0 saturated carbocycles. The van der Waals surface area contributed by atoms with Crippen LogP contribution in [0, 0.1) is 0 Å². The molecular weight excluding hydrogens is 258 g/mol. The van der Waals surface area contributed by atoms with Crippen LogP contribution in [0.5, 0.6) is 0 Å². The van der Waals surface area contributed by atoms with E-state index < -0.39 is 6.04 Å².